The van der Waals surface area contributed by atoms with Gasteiger partial charge in [-0.25, -0.2) is 0 Å². The second-order valence-corrected chi connectivity index (χ2v) is 6.07. The third-order valence-electron chi connectivity index (χ3n) is 3.23. The van der Waals surface area contributed by atoms with Gasteiger partial charge in [0.2, 0.25) is 0 Å². The Hall–Kier alpha value is -0.300. The molecule has 0 aromatic heterocycles. The average molecular weight is 283 g/mol. The number of aryl methyl sites for hydroxylation is 3. The minimum atomic E-state index is 0.693. The van der Waals surface area contributed by atoms with Crippen molar-refractivity contribution in [3.8, 4) is 0 Å². The topological polar surface area (TPSA) is 0 Å². The number of rotatable bonds is 5. The van der Waals surface area contributed by atoms with E-state index in [0.717, 1.165) is 0 Å². The molecule has 0 aliphatic heterocycles. The quantitative estimate of drug-likeness (QED) is 0.659. The van der Waals surface area contributed by atoms with Gasteiger partial charge in [-0.05, 0) is 63.1 Å². The maximum absolute atomic E-state index is 3.70. The molecular weight excluding hydrogens is 260 g/mol. The van der Waals surface area contributed by atoms with Crippen LogP contribution in [0.5, 0.6) is 0 Å². The first-order chi connectivity index (χ1) is 7.54. The molecule has 0 radical (unpaired) electrons. The Morgan fingerprint density at radius 2 is 1.69 bits per heavy atom. The number of hydrogen-bond acceptors (Lipinski definition) is 0. The van der Waals surface area contributed by atoms with Gasteiger partial charge in [0.15, 0.2) is 0 Å². The van der Waals surface area contributed by atoms with Crippen LogP contribution in [0.1, 0.15) is 48.4 Å². The van der Waals surface area contributed by atoms with Crippen LogP contribution in [0, 0.1) is 20.8 Å². The molecule has 1 aromatic rings. The van der Waals surface area contributed by atoms with Crippen molar-refractivity contribution in [2.75, 3.05) is 0 Å². The second kappa shape index (κ2) is 6.44. The summed E-state index contributed by atoms with van der Waals surface area (Å²) in [4.78, 5) is 0.693. The van der Waals surface area contributed by atoms with Crippen molar-refractivity contribution in [3.63, 3.8) is 0 Å². The maximum atomic E-state index is 3.70. The van der Waals surface area contributed by atoms with Gasteiger partial charge in [0.25, 0.3) is 0 Å². The van der Waals surface area contributed by atoms with Crippen molar-refractivity contribution in [1.29, 1.82) is 0 Å². The van der Waals surface area contributed by atoms with E-state index in [0.29, 0.717) is 4.83 Å². The molecule has 0 saturated heterocycles. The molecule has 1 rings (SSSR count). The van der Waals surface area contributed by atoms with E-state index < -0.39 is 0 Å². The van der Waals surface area contributed by atoms with E-state index in [9.17, 15) is 0 Å². The van der Waals surface area contributed by atoms with Crippen LogP contribution in [0.15, 0.2) is 12.1 Å². The first-order valence-corrected chi connectivity index (χ1v) is 7.17. The summed E-state index contributed by atoms with van der Waals surface area (Å²) < 4.78 is 0. The summed E-state index contributed by atoms with van der Waals surface area (Å²) in [6.45, 7) is 8.89. The molecule has 0 amide bonds. The molecule has 0 N–H and O–H groups in total. The van der Waals surface area contributed by atoms with Crippen molar-refractivity contribution in [2.24, 2.45) is 0 Å². The molecule has 90 valence electrons. The van der Waals surface area contributed by atoms with Crippen molar-refractivity contribution >= 4 is 15.9 Å². The Morgan fingerprint density at radius 1 is 1.12 bits per heavy atom. The molecule has 0 fully saturated rings. The number of hydrogen-bond donors (Lipinski definition) is 0. The number of benzene rings is 1. The fraction of sp³-hybridized carbons (Fsp3) is 0.600. The van der Waals surface area contributed by atoms with Crippen LogP contribution in [-0.4, -0.2) is 4.83 Å². The third kappa shape index (κ3) is 3.93. The van der Waals surface area contributed by atoms with E-state index in [4.69, 9.17) is 0 Å². The smallest absolute Gasteiger partial charge is 0.0143 e. The van der Waals surface area contributed by atoms with Gasteiger partial charge in [0.05, 0.1) is 0 Å². The van der Waals surface area contributed by atoms with E-state index >= 15 is 0 Å². The molecule has 16 heavy (non-hydrogen) atoms. The van der Waals surface area contributed by atoms with Gasteiger partial charge in [0.1, 0.15) is 0 Å². The van der Waals surface area contributed by atoms with Gasteiger partial charge in [-0.1, -0.05) is 40.5 Å². The van der Waals surface area contributed by atoms with Crippen LogP contribution in [0.3, 0.4) is 0 Å². The van der Waals surface area contributed by atoms with E-state index in [-0.39, 0.29) is 0 Å². The van der Waals surface area contributed by atoms with Crippen LogP contribution in [0.2, 0.25) is 0 Å². The zero-order chi connectivity index (χ0) is 12.1. The minimum absolute atomic E-state index is 0.693. The van der Waals surface area contributed by atoms with Crippen molar-refractivity contribution in [1.82, 2.24) is 0 Å². The van der Waals surface area contributed by atoms with E-state index in [2.05, 4.69) is 55.8 Å². The predicted octanol–water partition coefficient (Wildman–Crippen LogP) is 5.11. The zero-order valence-electron chi connectivity index (χ0n) is 10.9. The zero-order valence-corrected chi connectivity index (χ0v) is 12.5. The molecule has 0 aliphatic rings. The van der Waals surface area contributed by atoms with Crippen LogP contribution in [-0.2, 0) is 6.42 Å². The van der Waals surface area contributed by atoms with Crippen LogP contribution < -0.4 is 0 Å². The highest BCUT2D eigenvalue weighted by Gasteiger charge is 2.05. The summed E-state index contributed by atoms with van der Waals surface area (Å²) in [7, 11) is 0. The normalized spacial score (nSPS) is 12.8. The van der Waals surface area contributed by atoms with E-state index in [1.165, 1.54) is 42.4 Å². The molecule has 0 heterocycles. The first-order valence-electron chi connectivity index (χ1n) is 6.25. The van der Waals surface area contributed by atoms with Crippen molar-refractivity contribution in [3.05, 3.63) is 34.4 Å². The number of alkyl halides is 1. The lowest BCUT2D eigenvalue weighted by Crippen LogP contribution is -1.99. The Balaban J connectivity index is 2.60. The Bertz CT molecular complexity index is 318. The minimum Gasteiger partial charge on any atom is -0.0891 e. The molecule has 1 atom stereocenters. The maximum Gasteiger partial charge on any atom is 0.0143 e. The fourth-order valence-electron chi connectivity index (χ4n) is 2.31. The van der Waals surface area contributed by atoms with Gasteiger partial charge in [-0.3, -0.25) is 0 Å². The molecule has 0 spiro atoms. The van der Waals surface area contributed by atoms with Gasteiger partial charge in [0, 0.05) is 4.83 Å². The van der Waals surface area contributed by atoms with E-state index in [1.54, 1.807) is 5.56 Å². The molecule has 0 aliphatic carbocycles. The monoisotopic (exact) mass is 282 g/mol. The standard InChI is InChI=1S/C15H23Br/c1-5-14(16)7-6-8-15-12(3)9-11(2)10-13(15)4/h9-10,14H,5-8H2,1-4H3. The SMILES string of the molecule is CCC(Br)CCCc1c(C)cc(C)cc1C. The summed E-state index contributed by atoms with van der Waals surface area (Å²) >= 11 is 3.70. The lowest BCUT2D eigenvalue weighted by Gasteiger charge is -2.12. The highest BCUT2D eigenvalue weighted by Crippen LogP contribution is 2.20. The Kier molecular flexibility index (Phi) is 5.54. The lowest BCUT2D eigenvalue weighted by molar-refractivity contribution is 0.686. The largest absolute Gasteiger partial charge is 0.0891 e. The molecule has 0 bridgehead atoms. The van der Waals surface area contributed by atoms with Gasteiger partial charge < -0.3 is 0 Å². The highest BCUT2D eigenvalue weighted by molar-refractivity contribution is 9.09. The van der Waals surface area contributed by atoms with E-state index in [1.807, 2.05) is 0 Å². The summed E-state index contributed by atoms with van der Waals surface area (Å²) in [5.41, 5.74) is 5.85. The second-order valence-electron chi connectivity index (χ2n) is 4.78. The molecule has 0 saturated carbocycles. The van der Waals surface area contributed by atoms with Gasteiger partial charge in [-0.15, -0.1) is 0 Å². The lowest BCUT2D eigenvalue weighted by atomic mass is 9.95. The Morgan fingerprint density at radius 3 is 2.19 bits per heavy atom. The third-order valence-corrected chi connectivity index (χ3v) is 4.33. The summed E-state index contributed by atoms with van der Waals surface area (Å²) in [5, 5.41) is 0. The first kappa shape index (κ1) is 13.8. The molecule has 1 heteroatoms. The summed E-state index contributed by atoms with van der Waals surface area (Å²) in [6.07, 6.45) is 5.02. The van der Waals surface area contributed by atoms with Crippen molar-refractivity contribution < 1.29 is 0 Å². The molecule has 0 nitrogen and oxygen atoms in total. The van der Waals surface area contributed by atoms with Gasteiger partial charge >= 0.3 is 0 Å². The van der Waals surface area contributed by atoms with Crippen LogP contribution in [0.4, 0.5) is 0 Å². The summed E-state index contributed by atoms with van der Waals surface area (Å²) in [5.74, 6) is 0. The molecule has 1 aromatic carbocycles. The number of halogens is 1. The molecule has 1 unspecified atom stereocenters. The van der Waals surface area contributed by atoms with Gasteiger partial charge in [-0.2, -0.15) is 0 Å². The van der Waals surface area contributed by atoms with Crippen LogP contribution in [0.25, 0.3) is 0 Å². The van der Waals surface area contributed by atoms with Crippen molar-refractivity contribution in [2.45, 2.75) is 58.2 Å². The van der Waals surface area contributed by atoms with Crippen LogP contribution >= 0.6 is 15.9 Å². The highest BCUT2D eigenvalue weighted by atomic mass is 79.9. The molecular formula is C15H23Br. The predicted molar refractivity (Wildman–Crippen MR) is 76.6 cm³/mol. The summed E-state index contributed by atoms with van der Waals surface area (Å²) in [6, 6.07) is 4.60. The Labute approximate surface area is 109 Å². The fourth-order valence-corrected chi connectivity index (χ4v) is 2.63. The average Bonchev–Trinajstić information content (AvgIpc) is 2.21.